The van der Waals surface area contributed by atoms with Crippen molar-refractivity contribution in [2.75, 3.05) is 24.5 Å². The third kappa shape index (κ3) is 4.35. The molecular weight excluding hydrogens is 434 g/mol. The van der Waals surface area contributed by atoms with E-state index in [9.17, 15) is 14.4 Å². The maximum absolute atomic E-state index is 12.5. The third-order valence-corrected chi connectivity index (χ3v) is 7.10. The number of carbonyl (C=O) groups is 3. The molecule has 4 amide bonds. The Morgan fingerprint density at radius 2 is 1.85 bits per heavy atom. The largest absolute Gasteiger partial charge is 0.444 e. The van der Waals surface area contributed by atoms with Crippen LogP contribution in [0.1, 0.15) is 76.8 Å². The molecule has 3 aliphatic rings. The maximum atomic E-state index is 12.5. The van der Waals surface area contributed by atoms with Gasteiger partial charge in [0.2, 0.25) is 5.91 Å². The lowest BCUT2D eigenvalue weighted by Crippen LogP contribution is -2.49. The van der Waals surface area contributed by atoms with E-state index in [0.717, 1.165) is 36.7 Å². The van der Waals surface area contributed by atoms with Crippen molar-refractivity contribution in [2.45, 2.75) is 76.9 Å². The van der Waals surface area contributed by atoms with Crippen molar-refractivity contribution in [1.29, 1.82) is 0 Å². The summed E-state index contributed by atoms with van der Waals surface area (Å²) < 4.78 is 7.88. The van der Waals surface area contributed by atoms with E-state index in [1.54, 1.807) is 16.0 Å². The van der Waals surface area contributed by atoms with Gasteiger partial charge in [-0.1, -0.05) is 0 Å². The second-order valence-electron chi connectivity index (χ2n) is 10.6. The molecule has 3 fully saturated rings. The van der Waals surface area contributed by atoms with Gasteiger partial charge in [-0.25, -0.2) is 9.59 Å². The van der Waals surface area contributed by atoms with Gasteiger partial charge >= 0.3 is 12.1 Å². The van der Waals surface area contributed by atoms with Crippen LogP contribution in [0.15, 0.2) is 18.5 Å². The fourth-order valence-corrected chi connectivity index (χ4v) is 5.07. The first-order valence-corrected chi connectivity index (χ1v) is 12.3. The van der Waals surface area contributed by atoms with Gasteiger partial charge in [-0.05, 0) is 70.4 Å². The van der Waals surface area contributed by atoms with Gasteiger partial charge in [0.05, 0.1) is 22.9 Å². The zero-order valence-electron chi connectivity index (χ0n) is 20.2. The molecule has 2 aromatic rings. The molecule has 182 valence electrons. The topological polar surface area (TPSA) is 96.8 Å². The predicted molar refractivity (Wildman–Crippen MR) is 128 cm³/mol. The molecule has 0 radical (unpaired) electrons. The molecule has 1 N–H and O–H groups in total. The molecule has 9 heteroatoms. The van der Waals surface area contributed by atoms with Crippen LogP contribution in [0.25, 0.3) is 11.0 Å². The average Bonchev–Trinajstić information content (AvgIpc) is 3.10. The predicted octanol–water partition coefficient (Wildman–Crippen LogP) is 4.32. The summed E-state index contributed by atoms with van der Waals surface area (Å²) in [5.74, 6) is 0.0740. The highest BCUT2D eigenvalue weighted by atomic mass is 16.6. The van der Waals surface area contributed by atoms with Crippen LogP contribution in [0.3, 0.4) is 0 Å². The molecule has 4 heterocycles. The van der Waals surface area contributed by atoms with Crippen molar-refractivity contribution in [3.63, 3.8) is 0 Å². The van der Waals surface area contributed by atoms with Gasteiger partial charge in [-0.2, -0.15) is 0 Å². The Kier molecular flexibility index (Phi) is 5.73. The van der Waals surface area contributed by atoms with Crippen LogP contribution < -0.4 is 10.2 Å². The number of hydrogen-bond acceptors (Lipinski definition) is 5. The first kappa shape index (κ1) is 22.7. The number of anilines is 1. The second kappa shape index (κ2) is 8.60. The molecule has 5 rings (SSSR count). The number of carbonyl (C=O) groups excluding carboxylic acids is 3. The smallest absolute Gasteiger partial charge is 0.410 e. The lowest BCUT2D eigenvalue weighted by atomic mass is 9.90. The SMILES string of the molecule is CC(C)(C)OC(=O)N1CCC(c2cn(C3CCC3)c3cc(N4CCC(=O)NC4=O)cnc23)CC1. The summed E-state index contributed by atoms with van der Waals surface area (Å²) in [5, 5.41) is 2.39. The number of fused-ring (bicyclic) bond motifs is 1. The molecule has 9 nitrogen and oxygen atoms in total. The van der Waals surface area contributed by atoms with Gasteiger partial charge in [-0.15, -0.1) is 0 Å². The molecular formula is C25H33N5O4. The Hall–Kier alpha value is -3.10. The van der Waals surface area contributed by atoms with E-state index in [-0.39, 0.29) is 18.4 Å². The van der Waals surface area contributed by atoms with Crippen molar-refractivity contribution in [3.8, 4) is 0 Å². The molecule has 0 spiro atoms. The number of aromatic nitrogens is 2. The van der Waals surface area contributed by atoms with E-state index >= 15 is 0 Å². The maximum Gasteiger partial charge on any atom is 0.410 e. The Morgan fingerprint density at radius 1 is 1.12 bits per heavy atom. The molecule has 2 aromatic heterocycles. The normalized spacial score (nSPS) is 20.4. The van der Waals surface area contributed by atoms with Gasteiger partial charge in [0.25, 0.3) is 0 Å². The number of imide groups is 1. The van der Waals surface area contributed by atoms with E-state index in [1.807, 2.05) is 26.8 Å². The van der Waals surface area contributed by atoms with Crippen LogP contribution in [0, 0.1) is 0 Å². The number of hydrogen-bond donors (Lipinski definition) is 1. The van der Waals surface area contributed by atoms with Gasteiger partial charge < -0.3 is 14.2 Å². The lowest BCUT2D eigenvalue weighted by molar-refractivity contribution is -0.120. The highest BCUT2D eigenvalue weighted by molar-refractivity contribution is 6.06. The van der Waals surface area contributed by atoms with E-state index in [1.165, 1.54) is 12.0 Å². The molecule has 1 aliphatic carbocycles. The number of likely N-dealkylation sites (tertiary alicyclic amines) is 1. The molecule has 0 unspecified atom stereocenters. The number of pyridine rings is 1. The van der Waals surface area contributed by atoms with E-state index in [0.29, 0.717) is 37.3 Å². The van der Waals surface area contributed by atoms with Crippen molar-refractivity contribution >= 4 is 34.8 Å². The quantitative estimate of drug-likeness (QED) is 0.725. The minimum Gasteiger partial charge on any atom is -0.444 e. The second-order valence-corrected chi connectivity index (χ2v) is 10.6. The minimum absolute atomic E-state index is 0.242. The first-order valence-electron chi connectivity index (χ1n) is 12.3. The minimum atomic E-state index is -0.496. The molecule has 2 saturated heterocycles. The monoisotopic (exact) mass is 467 g/mol. The highest BCUT2D eigenvalue weighted by Crippen LogP contribution is 2.40. The van der Waals surface area contributed by atoms with Gasteiger partial charge in [0, 0.05) is 38.3 Å². The van der Waals surface area contributed by atoms with E-state index in [2.05, 4.69) is 16.1 Å². The van der Waals surface area contributed by atoms with Crippen LogP contribution in [-0.2, 0) is 9.53 Å². The van der Waals surface area contributed by atoms with Crippen molar-refractivity contribution in [3.05, 3.63) is 24.0 Å². The number of rotatable bonds is 3. The standard InChI is InChI=1S/C25H33N5O4/c1-25(2,3)34-24(33)28-10-7-16(8-11-28)19-15-30(17-5-4-6-17)20-13-18(14-26-22(19)20)29-12-9-21(31)27-23(29)32/h13-17H,4-12H2,1-3H3,(H,27,31,32). The lowest BCUT2D eigenvalue weighted by Gasteiger charge is -2.33. The van der Waals surface area contributed by atoms with Crippen LogP contribution >= 0.6 is 0 Å². The van der Waals surface area contributed by atoms with Crippen LogP contribution in [0.5, 0.6) is 0 Å². The highest BCUT2D eigenvalue weighted by Gasteiger charge is 2.32. The van der Waals surface area contributed by atoms with Crippen LogP contribution in [0.2, 0.25) is 0 Å². The number of nitrogens with one attached hydrogen (secondary N) is 1. The average molecular weight is 468 g/mol. The zero-order chi connectivity index (χ0) is 24.0. The zero-order valence-corrected chi connectivity index (χ0v) is 20.2. The van der Waals surface area contributed by atoms with Crippen molar-refractivity contribution in [1.82, 2.24) is 19.8 Å². The fraction of sp³-hybridized carbons (Fsp3) is 0.600. The summed E-state index contributed by atoms with van der Waals surface area (Å²) in [5.41, 5.74) is 3.44. The molecule has 0 bridgehead atoms. The Balaban J connectivity index is 1.40. The Morgan fingerprint density at radius 3 is 2.47 bits per heavy atom. The van der Waals surface area contributed by atoms with Crippen LogP contribution in [0.4, 0.5) is 15.3 Å². The molecule has 0 aromatic carbocycles. The number of amides is 4. The summed E-state index contributed by atoms with van der Waals surface area (Å²) in [4.78, 5) is 44.6. The van der Waals surface area contributed by atoms with Gasteiger partial charge in [0.15, 0.2) is 0 Å². The number of ether oxygens (including phenoxy) is 1. The molecule has 2 aliphatic heterocycles. The molecule has 34 heavy (non-hydrogen) atoms. The summed E-state index contributed by atoms with van der Waals surface area (Å²) in [6.07, 6.45) is 9.26. The first-order chi connectivity index (χ1) is 16.2. The van der Waals surface area contributed by atoms with E-state index in [4.69, 9.17) is 9.72 Å². The number of piperidine rings is 1. The Labute approximate surface area is 199 Å². The molecule has 1 saturated carbocycles. The third-order valence-electron chi connectivity index (χ3n) is 7.10. The van der Waals surface area contributed by atoms with E-state index < -0.39 is 11.6 Å². The van der Waals surface area contributed by atoms with Gasteiger partial charge in [-0.3, -0.25) is 20.0 Å². The van der Waals surface area contributed by atoms with Gasteiger partial charge in [0.1, 0.15) is 5.60 Å². The van der Waals surface area contributed by atoms with Crippen molar-refractivity contribution < 1.29 is 19.1 Å². The fourth-order valence-electron chi connectivity index (χ4n) is 5.07. The van der Waals surface area contributed by atoms with Crippen LogP contribution in [-0.4, -0.2) is 57.7 Å². The summed E-state index contributed by atoms with van der Waals surface area (Å²) >= 11 is 0. The number of nitrogens with zero attached hydrogens (tertiary/aromatic N) is 4. The Bertz CT molecular complexity index is 1120. The summed E-state index contributed by atoms with van der Waals surface area (Å²) in [6.45, 7) is 7.35. The summed E-state index contributed by atoms with van der Waals surface area (Å²) in [7, 11) is 0. The summed E-state index contributed by atoms with van der Waals surface area (Å²) in [6, 6.07) is 2.09. The number of urea groups is 1. The van der Waals surface area contributed by atoms with Crippen molar-refractivity contribution in [2.24, 2.45) is 0 Å². The molecule has 0 atom stereocenters.